The molecule has 0 saturated heterocycles. The number of hydrogen-bond donors (Lipinski definition) is 1. The minimum absolute atomic E-state index is 0.133. The molecule has 0 heterocycles. The fourth-order valence-corrected chi connectivity index (χ4v) is 5.38. The Labute approximate surface area is 235 Å². The van der Waals surface area contributed by atoms with Crippen LogP contribution in [0.2, 0.25) is 10.0 Å². The van der Waals surface area contributed by atoms with Gasteiger partial charge in [-0.05, 0) is 49.1 Å². The molecule has 0 spiro atoms. The molecule has 0 bridgehead atoms. The Morgan fingerprint density at radius 2 is 1.68 bits per heavy atom. The van der Waals surface area contributed by atoms with E-state index in [-0.39, 0.29) is 31.0 Å². The summed E-state index contributed by atoms with van der Waals surface area (Å²) in [4.78, 5) is 29.2. The zero-order valence-corrected chi connectivity index (χ0v) is 23.2. The van der Waals surface area contributed by atoms with E-state index < -0.39 is 6.04 Å². The van der Waals surface area contributed by atoms with Gasteiger partial charge in [0, 0.05) is 24.0 Å². The minimum Gasteiger partial charge on any atom is -0.482 e. The quantitative estimate of drug-likeness (QED) is 0.302. The van der Waals surface area contributed by atoms with Crippen LogP contribution in [0.15, 0.2) is 72.8 Å². The number of hydrogen-bond acceptors (Lipinski definition) is 3. The Morgan fingerprint density at radius 3 is 2.39 bits per heavy atom. The van der Waals surface area contributed by atoms with Gasteiger partial charge in [0.05, 0.1) is 5.02 Å². The van der Waals surface area contributed by atoms with Crippen LogP contribution in [-0.4, -0.2) is 35.4 Å². The van der Waals surface area contributed by atoms with Gasteiger partial charge in [0.1, 0.15) is 11.8 Å². The highest BCUT2D eigenvalue weighted by atomic mass is 35.5. The van der Waals surface area contributed by atoms with Crippen LogP contribution in [0.5, 0.6) is 5.75 Å². The second kappa shape index (κ2) is 13.7. The molecule has 5 nitrogen and oxygen atoms in total. The van der Waals surface area contributed by atoms with Crippen molar-refractivity contribution in [2.75, 3.05) is 6.61 Å². The minimum atomic E-state index is -0.698. The van der Waals surface area contributed by atoms with Crippen molar-refractivity contribution in [3.8, 4) is 5.75 Å². The van der Waals surface area contributed by atoms with Crippen molar-refractivity contribution in [3.05, 3.63) is 99.5 Å². The molecule has 2 amide bonds. The number of nitrogens with one attached hydrogen (secondary N) is 1. The van der Waals surface area contributed by atoms with Crippen LogP contribution < -0.4 is 10.1 Å². The van der Waals surface area contributed by atoms with Gasteiger partial charge in [-0.2, -0.15) is 0 Å². The molecule has 1 aliphatic rings. The number of benzene rings is 3. The van der Waals surface area contributed by atoms with Gasteiger partial charge < -0.3 is 15.0 Å². The maximum Gasteiger partial charge on any atom is 0.261 e. The highest BCUT2D eigenvalue weighted by Crippen LogP contribution is 2.28. The first-order chi connectivity index (χ1) is 18.4. The van der Waals surface area contributed by atoms with Gasteiger partial charge in [0.2, 0.25) is 5.91 Å². The number of carbonyl (C=O) groups is 2. The molecule has 1 saturated carbocycles. The van der Waals surface area contributed by atoms with E-state index in [0.29, 0.717) is 22.2 Å². The van der Waals surface area contributed by atoms with Crippen molar-refractivity contribution >= 4 is 35.0 Å². The molecule has 3 aromatic carbocycles. The first-order valence-corrected chi connectivity index (χ1v) is 13.9. The molecule has 200 valence electrons. The average molecular weight is 554 g/mol. The van der Waals surface area contributed by atoms with Crippen LogP contribution in [0.25, 0.3) is 0 Å². The topological polar surface area (TPSA) is 58.6 Å². The second-order valence-corrected chi connectivity index (χ2v) is 10.8. The van der Waals surface area contributed by atoms with E-state index in [1.54, 1.807) is 23.1 Å². The Morgan fingerprint density at radius 1 is 0.947 bits per heavy atom. The van der Waals surface area contributed by atoms with Crippen LogP contribution in [0.4, 0.5) is 0 Å². The molecule has 7 heteroatoms. The van der Waals surface area contributed by atoms with E-state index in [1.807, 2.05) is 61.5 Å². The number of ether oxygens (including phenoxy) is 1. The Balaban J connectivity index is 1.62. The van der Waals surface area contributed by atoms with Crippen molar-refractivity contribution in [3.63, 3.8) is 0 Å². The normalized spacial score (nSPS) is 14.5. The molecule has 3 aromatic rings. The molecule has 1 fully saturated rings. The maximum atomic E-state index is 13.8. The number of amides is 2. The molecular weight excluding hydrogens is 519 g/mol. The summed E-state index contributed by atoms with van der Waals surface area (Å²) in [7, 11) is 0. The number of nitrogens with zero attached hydrogens (tertiary/aromatic N) is 1. The summed E-state index contributed by atoms with van der Waals surface area (Å²) >= 11 is 12.3. The third-order valence-corrected chi connectivity index (χ3v) is 7.43. The van der Waals surface area contributed by atoms with Crippen molar-refractivity contribution in [2.45, 2.75) is 64.1 Å². The Kier molecular flexibility index (Phi) is 10.1. The van der Waals surface area contributed by atoms with Crippen molar-refractivity contribution in [1.29, 1.82) is 0 Å². The van der Waals surface area contributed by atoms with Gasteiger partial charge in [0.15, 0.2) is 6.61 Å². The highest BCUT2D eigenvalue weighted by molar-refractivity contribution is 6.35. The highest BCUT2D eigenvalue weighted by Gasteiger charge is 2.32. The summed E-state index contributed by atoms with van der Waals surface area (Å²) < 4.78 is 5.81. The van der Waals surface area contributed by atoms with E-state index in [1.165, 1.54) is 6.42 Å². The summed E-state index contributed by atoms with van der Waals surface area (Å²) in [6.07, 6.45) is 5.74. The molecule has 1 aliphatic carbocycles. The molecule has 0 radical (unpaired) electrons. The van der Waals surface area contributed by atoms with E-state index in [4.69, 9.17) is 27.9 Å². The van der Waals surface area contributed by atoms with Gasteiger partial charge in [-0.3, -0.25) is 9.59 Å². The largest absolute Gasteiger partial charge is 0.482 e. The van der Waals surface area contributed by atoms with E-state index in [0.717, 1.165) is 42.4 Å². The number of aryl methyl sites for hydroxylation is 1. The SMILES string of the molecule is Cc1cccc(CN(C(=O)COc2ccc(Cl)cc2Cl)C(Cc2ccccc2)C(=O)NC2CCCCC2)c1. The fourth-order valence-electron chi connectivity index (χ4n) is 4.92. The lowest BCUT2D eigenvalue weighted by Gasteiger charge is -2.33. The van der Waals surface area contributed by atoms with Crippen LogP contribution in [0.3, 0.4) is 0 Å². The molecule has 4 rings (SSSR count). The third-order valence-electron chi connectivity index (χ3n) is 6.90. The molecule has 1 N–H and O–H groups in total. The smallest absolute Gasteiger partial charge is 0.261 e. The number of carbonyl (C=O) groups excluding carboxylic acids is 2. The fraction of sp³-hybridized carbons (Fsp3) is 0.355. The van der Waals surface area contributed by atoms with Crippen LogP contribution in [0, 0.1) is 6.92 Å². The van der Waals surface area contributed by atoms with Crippen molar-refractivity contribution in [1.82, 2.24) is 10.2 Å². The van der Waals surface area contributed by atoms with Gasteiger partial charge in [-0.15, -0.1) is 0 Å². The monoisotopic (exact) mass is 552 g/mol. The standard InChI is InChI=1S/C31H34Cl2N2O3/c1-22-9-8-12-24(17-22)20-35(30(36)21-38-29-16-15-25(32)19-27(29)33)28(18-23-10-4-2-5-11-23)31(37)34-26-13-6-3-7-14-26/h2,4-5,8-12,15-17,19,26,28H,3,6-7,13-14,18,20-21H2,1H3,(H,34,37). The molecular formula is C31H34Cl2N2O3. The summed E-state index contributed by atoms with van der Waals surface area (Å²) in [6.45, 7) is 2.04. The summed E-state index contributed by atoms with van der Waals surface area (Å²) in [5, 5.41) is 4.06. The molecule has 38 heavy (non-hydrogen) atoms. The van der Waals surface area contributed by atoms with Gasteiger partial charge in [-0.25, -0.2) is 0 Å². The Bertz CT molecular complexity index is 1230. The van der Waals surface area contributed by atoms with Crippen molar-refractivity contribution < 1.29 is 14.3 Å². The van der Waals surface area contributed by atoms with E-state index in [2.05, 4.69) is 5.32 Å². The lowest BCUT2D eigenvalue weighted by molar-refractivity contribution is -0.143. The summed E-state index contributed by atoms with van der Waals surface area (Å²) in [6, 6.07) is 22.1. The van der Waals surface area contributed by atoms with Gasteiger partial charge in [-0.1, -0.05) is 103 Å². The van der Waals surface area contributed by atoms with Gasteiger partial charge >= 0.3 is 0 Å². The second-order valence-electron chi connectivity index (χ2n) is 9.92. The third kappa shape index (κ3) is 7.99. The van der Waals surface area contributed by atoms with Crippen LogP contribution in [-0.2, 0) is 22.6 Å². The lowest BCUT2D eigenvalue weighted by Crippen LogP contribution is -2.53. The lowest BCUT2D eigenvalue weighted by atomic mass is 9.94. The average Bonchev–Trinajstić information content (AvgIpc) is 2.91. The maximum absolute atomic E-state index is 13.8. The van der Waals surface area contributed by atoms with Crippen LogP contribution >= 0.6 is 23.2 Å². The zero-order valence-electron chi connectivity index (χ0n) is 21.7. The molecule has 0 aromatic heterocycles. The summed E-state index contributed by atoms with van der Waals surface area (Å²) in [5.41, 5.74) is 3.02. The number of rotatable bonds is 10. The first-order valence-electron chi connectivity index (χ1n) is 13.2. The van der Waals surface area contributed by atoms with E-state index >= 15 is 0 Å². The Hall–Kier alpha value is -3.02. The van der Waals surface area contributed by atoms with Crippen molar-refractivity contribution in [2.24, 2.45) is 0 Å². The molecule has 1 atom stereocenters. The number of halogens is 2. The van der Waals surface area contributed by atoms with E-state index in [9.17, 15) is 9.59 Å². The zero-order chi connectivity index (χ0) is 26.9. The van der Waals surface area contributed by atoms with Crippen LogP contribution in [0.1, 0.15) is 48.8 Å². The predicted octanol–water partition coefficient (Wildman–Crippen LogP) is 6.77. The van der Waals surface area contributed by atoms with Gasteiger partial charge in [0.25, 0.3) is 5.91 Å². The summed E-state index contributed by atoms with van der Waals surface area (Å²) in [5.74, 6) is -0.0604. The molecule has 0 aliphatic heterocycles. The first kappa shape index (κ1) is 28.0. The predicted molar refractivity (Wildman–Crippen MR) is 153 cm³/mol. The molecule has 1 unspecified atom stereocenters.